The molecular weight excluding hydrogens is 480 g/mol. The number of carbonyl (C=O) groups is 1. The lowest BCUT2D eigenvalue weighted by atomic mass is 9.98. The molecule has 5 aromatic rings. The zero-order valence-electron chi connectivity index (χ0n) is 19.6. The number of thiophene rings is 1. The Morgan fingerprint density at radius 1 is 1.06 bits per heavy atom. The van der Waals surface area contributed by atoms with E-state index in [9.17, 15) is 19.5 Å². The van der Waals surface area contributed by atoms with E-state index in [0.717, 1.165) is 32.6 Å². The van der Waals surface area contributed by atoms with Crippen LogP contribution in [0.25, 0.3) is 32.7 Å². The minimum absolute atomic E-state index is 0.214. The number of carbonyl (C=O) groups excluding carboxylic acids is 1. The summed E-state index contributed by atoms with van der Waals surface area (Å²) in [5.74, 6) is -0.0504. The summed E-state index contributed by atoms with van der Waals surface area (Å²) >= 11 is 1.42. The molecule has 0 saturated heterocycles. The van der Waals surface area contributed by atoms with E-state index in [0.29, 0.717) is 15.8 Å². The molecule has 5 rings (SSSR count). The topological polar surface area (TPSA) is 123 Å². The molecule has 3 aromatic heterocycles. The SMILES string of the molecule is CCc1cc2c(=O)n(CC(C)=O)c(=O)n(Cc3ccc(-c4ccccc4-c4noc([O-])n4)cc3)c2s1. The number of benzene rings is 2. The predicted octanol–water partition coefficient (Wildman–Crippen LogP) is 3.22. The second-order valence-corrected chi connectivity index (χ2v) is 9.49. The van der Waals surface area contributed by atoms with Crippen molar-refractivity contribution in [3.8, 4) is 28.6 Å². The first kappa shape index (κ1) is 23.4. The highest BCUT2D eigenvalue weighted by atomic mass is 32.1. The fraction of sp³-hybridized carbons (Fsp3) is 0.192. The second kappa shape index (κ2) is 9.38. The molecule has 9 nitrogen and oxygen atoms in total. The number of fused-ring (bicyclic) bond motifs is 1. The standard InChI is InChI=1S/C26H22N4O5S/c1-3-18-12-21-23(32)29(13-15(2)31)26(34)30(24(21)36-18)14-16-8-10-17(11-9-16)19-6-4-5-7-20(19)22-27-25(33)35-28-22/h4-12H,3,13-14H2,1-2H3,(H,27,28,33)/p-1. The minimum Gasteiger partial charge on any atom is -0.528 e. The third kappa shape index (κ3) is 4.27. The lowest BCUT2D eigenvalue weighted by Crippen LogP contribution is -2.41. The average Bonchev–Trinajstić information content (AvgIpc) is 3.51. The number of Topliss-reactive ketones (excluding diaryl/α,β-unsaturated/α-hetero) is 1. The molecular formula is C26H21N4O5S-. The summed E-state index contributed by atoms with van der Waals surface area (Å²) in [5.41, 5.74) is 2.26. The van der Waals surface area contributed by atoms with Crippen molar-refractivity contribution in [2.24, 2.45) is 0 Å². The van der Waals surface area contributed by atoms with Crippen LogP contribution in [-0.2, 0) is 24.3 Å². The Hall–Kier alpha value is -4.31. The molecule has 0 saturated carbocycles. The van der Waals surface area contributed by atoms with Crippen LogP contribution in [0.3, 0.4) is 0 Å². The van der Waals surface area contributed by atoms with Gasteiger partial charge in [-0.2, -0.15) is 5.16 Å². The van der Waals surface area contributed by atoms with Crippen LogP contribution in [0.2, 0.25) is 0 Å². The average molecular weight is 502 g/mol. The number of aromatic nitrogens is 4. The number of ketones is 1. The van der Waals surface area contributed by atoms with Crippen molar-refractivity contribution < 1.29 is 14.4 Å². The molecule has 0 fully saturated rings. The summed E-state index contributed by atoms with van der Waals surface area (Å²) in [6.45, 7) is 3.32. The van der Waals surface area contributed by atoms with Crippen LogP contribution >= 0.6 is 11.3 Å². The normalized spacial score (nSPS) is 11.3. The first-order valence-corrected chi connectivity index (χ1v) is 12.1. The van der Waals surface area contributed by atoms with Gasteiger partial charge in [-0.3, -0.25) is 18.7 Å². The van der Waals surface area contributed by atoms with Gasteiger partial charge < -0.3 is 9.63 Å². The van der Waals surface area contributed by atoms with Crippen molar-refractivity contribution in [3.63, 3.8) is 0 Å². The Morgan fingerprint density at radius 2 is 1.78 bits per heavy atom. The summed E-state index contributed by atoms with van der Waals surface area (Å²) in [6, 6.07) is 16.8. The van der Waals surface area contributed by atoms with Gasteiger partial charge in [-0.15, -0.1) is 11.3 Å². The zero-order valence-corrected chi connectivity index (χ0v) is 20.4. The van der Waals surface area contributed by atoms with E-state index in [-0.39, 0.29) is 24.7 Å². The van der Waals surface area contributed by atoms with E-state index in [2.05, 4.69) is 14.7 Å². The molecule has 0 radical (unpaired) electrons. The number of hydrogen-bond acceptors (Lipinski definition) is 8. The van der Waals surface area contributed by atoms with Gasteiger partial charge in [-0.05, 0) is 36.1 Å². The first-order valence-electron chi connectivity index (χ1n) is 11.3. The molecule has 0 atom stereocenters. The number of rotatable bonds is 7. The highest BCUT2D eigenvalue weighted by Gasteiger charge is 2.17. The van der Waals surface area contributed by atoms with Gasteiger partial charge in [0.15, 0.2) is 11.9 Å². The van der Waals surface area contributed by atoms with Crippen LogP contribution < -0.4 is 16.4 Å². The van der Waals surface area contributed by atoms with Gasteiger partial charge in [0.05, 0.1) is 18.5 Å². The molecule has 0 N–H and O–H groups in total. The van der Waals surface area contributed by atoms with Crippen molar-refractivity contribution in [3.05, 3.63) is 85.9 Å². The second-order valence-electron chi connectivity index (χ2n) is 8.37. The third-order valence-electron chi connectivity index (χ3n) is 5.86. The number of aryl methyl sites for hydroxylation is 1. The van der Waals surface area contributed by atoms with Crippen LogP contribution in [0.1, 0.15) is 24.3 Å². The van der Waals surface area contributed by atoms with Crippen molar-refractivity contribution in [1.29, 1.82) is 0 Å². The van der Waals surface area contributed by atoms with Crippen molar-refractivity contribution in [1.82, 2.24) is 19.3 Å². The molecule has 3 heterocycles. The zero-order chi connectivity index (χ0) is 25.4. The van der Waals surface area contributed by atoms with E-state index >= 15 is 0 Å². The molecule has 0 aliphatic rings. The summed E-state index contributed by atoms with van der Waals surface area (Å²) < 4.78 is 7.17. The van der Waals surface area contributed by atoms with Gasteiger partial charge in [0.25, 0.3) is 5.56 Å². The molecule has 2 aromatic carbocycles. The third-order valence-corrected chi connectivity index (χ3v) is 7.16. The fourth-order valence-corrected chi connectivity index (χ4v) is 5.23. The van der Waals surface area contributed by atoms with Crippen molar-refractivity contribution >= 4 is 27.3 Å². The van der Waals surface area contributed by atoms with E-state index in [1.807, 2.05) is 55.5 Å². The Morgan fingerprint density at radius 3 is 2.42 bits per heavy atom. The molecule has 36 heavy (non-hydrogen) atoms. The molecule has 0 aliphatic heterocycles. The molecule has 0 bridgehead atoms. The van der Waals surface area contributed by atoms with Crippen LogP contribution in [0.5, 0.6) is 6.08 Å². The maximum atomic E-state index is 13.3. The van der Waals surface area contributed by atoms with Gasteiger partial charge in [0.2, 0.25) is 0 Å². The van der Waals surface area contributed by atoms with E-state index < -0.39 is 17.3 Å². The largest absolute Gasteiger partial charge is 0.528 e. The van der Waals surface area contributed by atoms with E-state index in [1.165, 1.54) is 18.3 Å². The number of nitrogens with zero attached hydrogens (tertiary/aromatic N) is 4. The smallest absolute Gasteiger partial charge is 0.332 e. The van der Waals surface area contributed by atoms with Gasteiger partial charge in [0.1, 0.15) is 10.6 Å². The van der Waals surface area contributed by atoms with Crippen LogP contribution in [0.15, 0.2) is 68.7 Å². The molecule has 10 heteroatoms. The Bertz CT molecular complexity index is 1710. The summed E-state index contributed by atoms with van der Waals surface area (Å²) in [7, 11) is 0. The Kier molecular flexibility index (Phi) is 6.11. The highest BCUT2D eigenvalue weighted by molar-refractivity contribution is 7.18. The Labute approximate surface area is 208 Å². The maximum absolute atomic E-state index is 13.3. The summed E-state index contributed by atoms with van der Waals surface area (Å²) in [6.07, 6.45) is -0.0139. The summed E-state index contributed by atoms with van der Waals surface area (Å²) in [4.78, 5) is 43.3. The predicted molar refractivity (Wildman–Crippen MR) is 134 cm³/mol. The first-order chi connectivity index (χ1) is 17.4. The van der Waals surface area contributed by atoms with Crippen molar-refractivity contribution in [2.45, 2.75) is 33.4 Å². The van der Waals surface area contributed by atoms with Gasteiger partial charge >= 0.3 is 5.69 Å². The van der Waals surface area contributed by atoms with Crippen LogP contribution in [0, 0.1) is 0 Å². The molecule has 0 aliphatic carbocycles. The number of hydrogen-bond donors (Lipinski definition) is 0. The van der Waals surface area contributed by atoms with E-state index in [1.54, 1.807) is 10.6 Å². The fourth-order valence-electron chi connectivity index (χ4n) is 4.15. The molecule has 182 valence electrons. The quantitative estimate of drug-likeness (QED) is 0.335. The Balaban J connectivity index is 1.55. The monoisotopic (exact) mass is 501 g/mol. The lowest BCUT2D eigenvalue weighted by Gasteiger charge is -2.12. The minimum atomic E-state index is -0.752. The summed E-state index contributed by atoms with van der Waals surface area (Å²) in [5, 5.41) is 15.6. The van der Waals surface area contributed by atoms with Crippen LogP contribution in [-0.4, -0.2) is 25.1 Å². The van der Waals surface area contributed by atoms with Crippen molar-refractivity contribution in [2.75, 3.05) is 0 Å². The highest BCUT2D eigenvalue weighted by Crippen LogP contribution is 2.31. The van der Waals surface area contributed by atoms with Gasteiger partial charge in [-0.25, -0.2) is 9.78 Å². The van der Waals surface area contributed by atoms with Gasteiger partial charge in [0, 0.05) is 10.4 Å². The lowest BCUT2D eigenvalue weighted by molar-refractivity contribution is -0.303. The van der Waals surface area contributed by atoms with E-state index in [4.69, 9.17) is 0 Å². The molecule has 0 unspecified atom stereocenters. The van der Waals surface area contributed by atoms with Crippen LogP contribution in [0.4, 0.5) is 0 Å². The molecule has 0 amide bonds. The van der Waals surface area contributed by atoms with Gasteiger partial charge in [-0.1, -0.05) is 55.5 Å². The molecule has 0 spiro atoms. The maximum Gasteiger partial charge on any atom is 0.332 e.